The Kier molecular flexibility index (Phi) is 4.08. The van der Waals surface area contributed by atoms with E-state index in [1.54, 1.807) is 6.92 Å². The molecule has 0 saturated heterocycles. The Hall–Kier alpha value is -2.30. The number of benzene rings is 1. The van der Waals surface area contributed by atoms with Gasteiger partial charge in [-0.05, 0) is 25.0 Å². The van der Waals surface area contributed by atoms with Gasteiger partial charge in [0.2, 0.25) is 5.88 Å². The standard InChI is InChI=1S/C15H19N3O2/c1-10(2)14-13(11(3)17-20-4)15(19)18(16-14)12-8-6-5-7-9-12/h5-10,19H,1-4H3. The minimum absolute atomic E-state index is 0.0817. The Morgan fingerprint density at radius 1 is 1.30 bits per heavy atom. The van der Waals surface area contributed by atoms with Crippen LogP contribution in [0.3, 0.4) is 0 Å². The lowest BCUT2D eigenvalue weighted by molar-refractivity contribution is 0.213. The third-order valence-electron chi connectivity index (χ3n) is 3.03. The van der Waals surface area contributed by atoms with Crippen LogP contribution in [0.5, 0.6) is 5.88 Å². The van der Waals surface area contributed by atoms with Crippen LogP contribution in [-0.4, -0.2) is 27.7 Å². The summed E-state index contributed by atoms with van der Waals surface area (Å²) in [4.78, 5) is 4.80. The molecule has 1 N–H and O–H groups in total. The van der Waals surface area contributed by atoms with Gasteiger partial charge in [0.05, 0.1) is 22.7 Å². The minimum Gasteiger partial charge on any atom is -0.493 e. The lowest BCUT2D eigenvalue weighted by Gasteiger charge is -2.04. The van der Waals surface area contributed by atoms with Crippen molar-refractivity contribution in [2.45, 2.75) is 26.7 Å². The van der Waals surface area contributed by atoms with E-state index in [0.29, 0.717) is 11.3 Å². The zero-order valence-electron chi connectivity index (χ0n) is 12.2. The number of aromatic hydroxyl groups is 1. The van der Waals surface area contributed by atoms with Gasteiger partial charge in [0, 0.05) is 0 Å². The zero-order valence-corrected chi connectivity index (χ0v) is 12.2. The van der Waals surface area contributed by atoms with E-state index in [1.807, 2.05) is 44.2 Å². The van der Waals surface area contributed by atoms with Crippen molar-refractivity contribution in [1.29, 1.82) is 0 Å². The van der Waals surface area contributed by atoms with Gasteiger partial charge < -0.3 is 9.94 Å². The summed E-state index contributed by atoms with van der Waals surface area (Å²) in [5.41, 5.74) is 2.84. The fourth-order valence-electron chi connectivity index (χ4n) is 2.11. The molecule has 5 nitrogen and oxygen atoms in total. The number of para-hydroxylation sites is 1. The van der Waals surface area contributed by atoms with Gasteiger partial charge in [-0.3, -0.25) is 0 Å². The molecular weight excluding hydrogens is 254 g/mol. The molecule has 0 saturated carbocycles. The lowest BCUT2D eigenvalue weighted by atomic mass is 10.0. The van der Waals surface area contributed by atoms with Crippen LogP contribution >= 0.6 is 0 Å². The van der Waals surface area contributed by atoms with E-state index in [4.69, 9.17) is 4.84 Å². The van der Waals surface area contributed by atoms with Gasteiger partial charge in [0.15, 0.2) is 0 Å². The molecule has 20 heavy (non-hydrogen) atoms. The van der Waals surface area contributed by atoms with E-state index >= 15 is 0 Å². The Morgan fingerprint density at radius 2 is 1.95 bits per heavy atom. The summed E-state index contributed by atoms with van der Waals surface area (Å²) >= 11 is 0. The Labute approximate surface area is 118 Å². The van der Waals surface area contributed by atoms with Gasteiger partial charge in [-0.25, -0.2) is 4.68 Å². The molecule has 0 radical (unpaired) electrons. The summed E-state index contributed by atoms with van der Waals surface area (Å²) in [6, 6.07) is 9.52. The third kappa shape index (κ3) is 2.52. The first-order valence-corrected chi connectivity index (χ1v) is 6.51. The molecule has 0 aliphatic rings. The van der Waals surface area contributed by atoms with Crippen LogP contribution < -0.4 is 0 Å². The summed E-state index contributed by atoms with van der Waals surface area (Å²) in [6.07, 6.45) is 0. The second-order valence-corrected chi connectivity index (χ2v) is 4.85. The second-order valence-electron chi connectivity index (χ2n) is 4.85. The van der Waals surface area contributed by atoms with Crippen LogP contribution in [0.25, 0.3) is 5.69 Å². The van der Waals surface area contributed by atoms with Gasteiger partial charge in [-0.15, -0.1) is 0 Å². The normalized spacial score (nSPS) is 11.9. The molecule has 0 spiro atoms. The van der Waals surface area contributed by atoms with Crippen molar-refractivity contribution < 1.29 is 9.94 Å². The van der Waals surface area contributed by atoms with Crippen molar-refractivity contribution in [3.05, 3.63) is 41.6 Å². The van der Waals surface area contributed by atoms with Crippen LogP contribution in [0.15, 0.2) is 35.5 Å². The molecule has 1 aromatic carbocycles. The van der Waals surface area contributed by atoms with Crippen LogP contribution in [0.1, 0.15) is 37.9 Å². The van der Waals surface area contributed by atoms with E-state index < -0.39 is 0 Å². The maximum atomic E-state index is 10.5. The zero-order chi connectivity index (χ0) is 14.7. The van der Waals surface area contributed by atoms with Gasteiger partial charge in [-0.1, -0.05) is 37.2 Å². The number of hydrogen-bond donors (Lipinski definition) is 1. The molecule has 0 aliphatic heterocycles. The molecule has 0 amide bonds. The van der Waals surface area contributed by atoms with E-state index in [2.05, 4.69) is 10.3 Å². The lowest BCUT2D eigenvalue weighted by Crippen LogP contribution is -2.01. The van der Waals surface area contributed by atoms with Crippen molar-refractivity contribution in [2.75, 3.05) is 7.11 Å². The first-order valence-electron chi connectivity index (χ1n) is 6.51. The summed E-state index contributed by atoms with van der Waals surface area (Å²) in [5, 5.41) is 18.9. The highest BCUT2D eigenvalue weighted by atomic mass is 16.6. The van der Waals surface area contributed by atoms with Crippen LogP contribution in [0.2, 0.25) is 0 Å². The molecule has 0 aliphatic carbocycles. The first kappa shape index (κ1) is 14.1. The van der Waals surface area contributed by atoms with Crippen LogP contribution in [0.4, 0.5) is 0 Å². The number of aromatic nitrogens is 2. The largest absolute Gasteiger partial charge is 0.493 e. The Morgan fingerprint density at radius 3 is 2.50 bits per heavy atom. The second kappa shape index (κ2) is 5.77. The van der Waals surface area contributed by atoms with Crippen molar-refractivity contribution in [3.63, 3.8) is 0 Å². The molecule has 5 heteroatoms. The number of hydrogen-bond acceptors (Lipinski definition) is 4. The number of nitrogens with zero attached hydrogens (tertiary/aromatic N) is 3. The topological polar surface area (TPSA) is 59.6 Å². The summed E-state index contributed by atoms with van der Waals surface area (Å²) in [5.74, 6) is 0.251. The van der Waals surface area contributed by atoms with Crippen molar-refractivity contribution in [1.82, 2.24) is 9.78 Å². The highest BCUT2D eigenvalue weighted by Crippen LogP contribution is 2.30. The fraction of sp³-hybridized carbons (Fsp3) is 0.333. The fourth-order valence-corrected chi connectivity index (χ4v) is 2.11. The molecule has 106 valence electrons. The monoisotopic (exact) mass is 273 g/mol. The quantitative estimate of drug-likeness (QED) is 0.688. The van der Waals surface area contributed by atoms with Crippen molar-refractivity contribution >= 4 is 5.71 Å². The van der Waals surface area contributed by atoms with Gasteiger partial charge in [-0.2, -0.15) is 5.10 Å². The SMILES string of the molecule is CON=C(C)c1c(C(C)C)nn(-c2ccccc2)c1O. The number of rotatable bonds is 4. The van der Waals surface area contributed by atoms with E-state index in [1.165, 1.54) is 11.8 Å². The first-order chi connectivity index (χ1) is 9.56. The molecule has 0 unspecified atom stereocenters. The summed E-state index contributed by atoms with van der Waals surface area (Å²) in [7, 11) is 1.48. The highest BCUT2D eigenvalue weighted by Gasteiger charge is 2.22. The van der Waals surface area contributed by atoms with Crippen molar-refractivity contribution in [3.8, 4) is 11.6 Å². The Bertz CT molecular complexity index is 616. The molecule has 1 aromatic heterocycles. The molecule has 1 heterocycles. The van der Waals surface area contributed by atoms with E-state index in [-0.39, 0.29) is 11.8 Å². The predicted octanol–water partition coefficient (Wildman–Crippen LogP) is 3.07. The molecule has 2 rings (SSSR count). The summed E-state index contributed by atoms with van der Waals surface area (Å²) in [6.45, 7) is 5.85. The minimum atomic E-state index is 0.0817. The maximum absolute atomic E-state index is 10.5. The van der Waals surface area contributed by atoms with E-state index in [0.717, 1.165) is 11.4 Å². The average molecular weight is 273 g/mol. The van der Waals surface area contributed by atoms with Crippen LogP contribution in [-0.2, 0) is 4.84 Å². The average Bonchev–Trinajstić information content (AvgIpc) is 2.78. The predicted molar refractivity (Wildman–Crippen MR) is 78.5 cm³/mol. The highest BCUT2D eigenvalue weighted by molar-refractivity contribution is 6.01. The molecular formula is C15H19N3O2. The van der Waals surface area contributed by atoms with Gasteiger partial charge >= 0.3 is 0 Å². The maximum Gasteiger partial charge on any atom is 0.223 e. The molecule has 2 aromatic rings. The number of oxime groups is 1. The van der Waals surface area contributed by atoms with Crippen molar-refractivity contribution in [2.24, 2.45) is 5.16 Å². The molecule has 0 atom stereocenters. The Balaban J connectivity index is 2.63. The molecule has 0 fully saturated rings. The third-order valence-corrected chi connectivity index (χ3v) is 3.03. The van der Waals surface area contributed by atoms with Crippen LogP contribution in [0, 0.1) is 0 Å². The molecule has 0 bridgehead atoms. The summed E-state index contributed by atoms with van der Waals surface area (Å²) < 4.78 is 1.53. The van der Waals surface area contributed by atoms with Gasteiger partial charge in [0.25, 0.3) is 0 Å². The smallest absolute Gasteiger partial charge is 0.223 e. The van der Waals surface area contributed by atoms with Gasteiger partial charge in [0.1, 0.15) is 7.11 Å². The van der Waals surface area contributed by atoms with E-state index in [9.17, 15) is 5.11 Å².